The Morgan fingerprint density at radius 2 is 1.54 bits per heavy atom. The van der Waals surface area contributed by atoms with E-state index in [4.69, 9.17) is 9.02 Å². The predicted molar refractivity (Wildman–Crippen MR) is 98.6 cm³/mol. The highest BCUT2D eigenvalue weighted by Gasteiger charge is 2.23. The minimum atomic E-state index is -3.84. The van der Waals surface area contributed by atoms with Gasteiger partial charge in [-0.25, -0.2) is 4.79 Å². The van der Waals surface area contributed by atoms with E-state index < -0.39 is 16.2 Å². The molecule has 0 saturated carbocycles. The summed E-state index contributed by atoms with van der Waals surface area (Å²) in [6, 6.07) is 18.6. The molecule has 0 atom stereocenters. The molecule has 6 nitrogen and oxygen atoms in total. The van der Waals surface area contributed by atoms with Crippen molar-refractivity contribution in [2.75, 3.05) is 12.3 Å². The van der Waals surface area contributed by atoms with Crippen LogP contribution < -0.4 is 0 Å². The van der Waals surface area contributed by atoms with Gasteiger partial charge in [0, 0.05) is 0 Å². The normalized spacial score (nSPS) is 11.1. The molecule has 26 heavy (non-hydrogen) atoms. The third-order valence-electron chi connectivity index (χ3n) is 3.51. The Morgan fingerprint density at radius 1 is 0.962 bits per heavy atom. The van der Waals surface area contributed by atoms with Gasteiger partial charge in [0.1, 0.15) is 6.61 Å². The van der Waals surface area contributed by atoms with Gasteiger partial charge in [0.05, 0.1) is 12.3 Å². The van der Waals surface area contributed by atoms with Crippen LogP contribution >= 0.6 is 0 Å². The Morgan fingerprint density at radius 3 is 2.12 bits per heavy atom. The van der Waals surface area contributed by atoms with Gasteiger partial charge in [0.2, 0.25) is 0 Å². The second-order valence-corrected chi connectivity index (χ2v) is 7.39. The van der Waals surface area contributed by atoms with Gasteiger partial charge in [-0.15, -0.1) is 4.28 Å². The number of carbonyl (C=O) groups is 1. The molecule has 0 unspecified atom stereocenters. The van der Waals surface area contributed by atoms with E-state index >= 15 is 0 Å². The maximum absolute atomic E-state index is 12.3. The van der Waals surface area contributed by atoms with E-state index in [1.54, 1.807) is 6.92 Å². The van der Waals surface area contributed by atoms with Gasteiger partial charge < -0.3 is 4.74 Å². The van der Waals surface area contributed by atoms with E-state index in [-0.39, 0.29) is 18.9 Å². The molecule has 7 heteroatoms. The first-order chi connectivity index (χ1) is 12.5. The minimum absolute atomic E-state index is 0.0404. The zero-order chi connectivity index (χ0) is 18.8. The fourth-order valence-corrected chi connectivity index (χ4v) is 3.23. The molecule has 140 valence electrons. The van der Waals surface area contributed by atoms with Crippen molar-refractivity contribution in [2.45, 2.75) is 26.4 Å². The summed E-state index contributed by atoms with van der Waals surface area (Å²) in [5.74, 6) is -0.166. The molecular weight excluding hydrogens is 354 g/mol. The first kappa shape index (κ1) is 19.9. The van der Waals surface area contributed by atoms with Crippen LogP contribution in [0.2, 0.25) is 0 Å². The molecule has 1 amide bonds. The number of hydrogen-bond acceptors (Lipinski definition) is 5. The summed E-state index contributed by atoms with van der Waals surface area (Å²) in [5, 5.41) is 0.779. The lowest BCUT2D eigenvalue weighted by Crippen LogP contribution is -2.36. The number of hydrogen-bond donors (Lipinski definition) is 0. The lowest BCUT2D eigenvalue weighted by atomic mass is 10.1. The summed E-state index contributed by atoms with van der Waals surface area (Å²) < 4.78 is 34.1. The second-order valence-electron chi connectivity index (χ2n) is 5.71. The maximum Gasteiger partial charge on any atom is 0.435 e. The lowest BCUT2D eigenvalue weighted by molar-refractivity contribution is -0.0443. The largest absolute Gasteiger partial charge is 0.443 e. The van der Waals surface area contributed by atoms with Gasteiger partial charge in [-0.3, -0.25) is 0 Å². The van der Waals surface area contributed by atoms with Gasteiger partial charge in [0.25, 0.3) is 10.1 Å². The highest BCUT2D eigenvalue weighted by atomic mass is 32.2. The zero-order valence-corrected chi connectivity index (χ0v) is 15.5. The number of amides is 1. The van der Waals surface area contributed by atoms with Gasteiger partial charge >= 0.3 is 6.09 Å². The second kappa shape index (κ2) is 9.94. The van der Waals surface area contributed by atoms with Crippen LogP contribution in [0.5, 0.6) is 0 Å². The van der Waals surface area contributed by atoms with Gasteiger partial charge in [-0.1, -0.05) is 67.6 Å². The Labute approximate surface area is 154 Å². The minimum Gasteiger partial charge on any atom is -0.443 e. The molecule has 0 aliphatic rings. The van der Waals surface area contributed by atoms with E-state index in [0.717, 1.165) is 16.2 Å². The molecule has 0 radical (unpaired) electrons. The van der Waals surface area contributed by atoms with Crippen molar-refractivity contribution < 1.29 is 22.2 Å². The van der Waals surface area contributed by atoms with Crippen molar-refractivity contribution in [1.29, 1.82) is 0 Å². The summed E-state index contributed by atoms with van der Waals surface area (Å²) in [6.45, 7) is 1.84. The summed E-state index contributed by atoms with van der Waals surface area (Å²) >= 11 is 0. The summed E-state index contributed by atoms with van der Waals surface area (Å²) in [4.78, 5) is 12.3. The first-order valence-electron chi connectivity index (χ1n) is 8.44. The Balaban J connectivity index is 2.01. The number of ether oxygens (including phenoxy) is 1. The molecule has 0 bridgehead atoms. The van der Waals surface area contributed by atoms with Crippen molar-refractivity contribution in [3.05, 3.63) is 71.8 Å². The zero-order valence-electron chi connectivity index (χ0n) is 14.7. The molecule has 0 saturated heterocycles. The third-order valence-corrected chi connectivity index (χ3v) is 4.83. The van der Waals surface area contributed by atoms with Crippen LogP contribution in [0.25, 0.3) is 0 Å². The Hall–Kier alpha value is -2.38. The van der Waals surface area contributed by atoms with Crippen LogP contribution in [0.15, 0.2) is 60.7 Å². The van der Waals surface area contributed by atoms with E-state index in [9.17, 15) is 13.2 Å². The molecule has 0 aromatic heterocycles. The Kier molecular flexibility index (Phi) is 7.62. The van der Waals surface area contributed by atoms with Crippen LogP contribution in [-0.4, -0.2) is 31.9 Å². The number of rotatable bonds is 9. The molecule has 0 aliphatic heterocycles. The molecule has 2 aromatic rings. The topological polar surface area (TPSA) is 72.9 Å². The van der Waals surface area contributed by atoms with E-state index in [1.165, 1.54) is 0 Å². The SMILES string of the molecule is CCCS(=O)(=O)ON(CCc1ccccc1)C(=O)OCc1ccccc1. The summed E-state index contributed by atoms with van der Waals surface area (Å²) in [5.41, 5.74) is 1.77. The van der Waals surface area contributed by atoms with Gasteiger partial charge in [-0.2, -0.15) is 13.5 Å². The van der Waals surface area contributed by atoms with Crippen LogP contribution in [0.3, 0.4) is 0 Å². The number of carbonyl (C=O) groups excluding carboxylic acids is 1. The van der Waals surface area contributed by atoms with Crippen molar-refractivity contribution >= 4 is 16.2 Å². The summed E-state index contributed by atoms with van der Waals surface area (Å²) in [6.07, 6.45) is 0.0149. The maximum atomic E-state index is 12.3. The Bertz CT molecular complexity index is 778. The highest BCUT2D eigenvalue weighted by molar-refractivity contribution is 7.86. The quantitative estimate of drug-likeness (QED) is 0.625. The van der Waals surface area contributed by atoms with Crippen molar-refractivity contribution in [1.82, 2.24) is 5.06 Å². The molecule has 0 fully saturated rings. The molecule has 0 heterocycles. The van der Waals surface area contributed by atoms with Gasteiger partial charge in [-0.05, 0) is 24.0 Å². The van der Waals surface area contributed by atoms with Crippen LogP contribution in [-0.2, 0) is 32.2 Å². The fourth-order valence-electron chi connectivity index (χ4n) is 2.25. The smallest absolute Gasteiger partial charge is 0.435 e. The third kappa shape index (κ3) is 6.85. The monoisotopic (exact) mass is 377 g/mol. The van der Waals surface area contributed by atoms with Crippen LogP contribution in [0.1, 0.15) is 24.5 Å². The average Bonchev–Trinajstić information content (AvgIpc) is 2.64. The van der Waals surface area contributed by atoms with E-state index in [2.05, 4.69) is 0 Å². The van der Waals surface area contributed by atoms with Crippen molar-refractivity contribution in [2.24, 2.45) is 0 Å². The van der Waals surface area contributed by atoms with Crippen LogP contribution in [0.4, 0.5) is 4.79 Å². The van der Waals surface area contributed by atoms with Gasteiger partial charge in [0.15, 0.2) is 0 Å². The van der Waals surface area contributed by atoms with E-state index in [1.807, 2.05) is 60.7 Å². The lowest BCUT2D eigenvalue weighted by Gasteiger charge is -2.20. The molecular formula is C19H23NO5S. The molecule has 0 N–H and O–H groups in total. The number of hydroxylamine groups is 2. The number of benzene rings is 2. The number of nitrogens with zero attached hydrogens (tertiary/aromatic N) is 1. The fraction of sp³-hybridized carbons (Fsp3) is 0.316. The standard InChI is InChI=1S/C19H23NO5S/c1-2-15-26(22,23)25-20(14-13-17-9-5-3-6-10-17)19(21)24-16-18-11-7-4-8-12-18/h3-12H,2,13-16H2,1H3. The van der Waals surface area contributed by atoms with Crippen LogP contribution in [0, 0.1) is 0 Å². The highest BCUT2D eigenvalue weighted by Crippen LogP contribution is 2.09. The molecule has 2 aromatic carbocycles. The molecule has 0 aliphatic carbocycles. The first-order valence-corrected chi connectivity index (χ1v) is 10.0. The average molecular weight is 377 g/mol. The predicted octanol–water partition coefficient (Wildman–Crippen LogP) is 3.54. The van der Waals surface area contributed by atoms with Crippen molar-refractivity contribution in [3.63, 3.8) is 0 Å². The van der Waals surface area contributed by atoms with E-state index in [0.29, 0.717) is 12.8 Å². The summed E-state index contributed by atoms with van der Waals surface area (Å²) in [7, 11) is -3.84. The molecule has 0 spiro atoms. The van der Waals surface area contributed by atoms with Crippen molar-refractivity contribution in [3.8, 4) is 0 Å². The molecule has 2 rings (SSSR count).